The fourth-order valence-corrected chi connectivity index (χ4v) is 1.98. The summed E-state index contributed by atoms with van der Waals surface area (Å²) >= 11 is 0. The number of aromatic nitrogens is 1. The Hall–Kier alpha value is -2.16. The van der Waals surface area contributed by atoms with Gasteiger partial charge in [-0.3, -0.25) is 9.78 Å². The molecule has 0 radical (unpaired) electrons. The maximum Gasteiger partial charge on any atom is 0.162 e. The molecule has 0 amide bonds. The highest BCUT2D eigenvalue weighted by Crippen LogP contribution is 2.15. The number of carbonyl (C=O) groups excluding carboxylic acids is 1. The lowest BCUT2D eigenvalue weighted by atomic mass is 10.1. The van der Waals surface area contributed by atoms with Crippen molar-refractivity contribution in [2.24, 2.45) is 0 Å². The van der Waals surface area contributed by atoms with Gasteiger partial charge in [0.15, 0.2) is 5.78 Å². The van der Waals surface area contributed by atoms with E-state index in [-0.39, 0.29) is 5.78 Å². The van der Waals surface area contributed by atoms with Crippen molar-refractivity contribution in [3.63, 3.8) is 0 Å². The number of aryl methyl sites for hydroxylation is 1. The van der Waals surface area contributed by atoms with Gasteiger partial charge in [-0.1, -0.05) is 19.1 Å². The minimum atomic E-state index is 0.146. The van der Waals surface area contributed by atoms with Crippen LogP contribution in [0, 0.1) is 0 Å². The second kappa shape index (κ2) is 7.43. The highest BCUT2D eigenvalue weighted by molar-refractivity contribution is 5.96. The van der Waals surface area contributed by atoms with Crippen LogP contribution in [0.1, 0.15) is 35.7 Å². The molecule has 0 bridgehead atoms. The van der Waals surface area contributed by atoms with Gasteiger partial charge in [0.2, 0.25) is 0 Å². The van der Waals surface area contributed by atoms with Crippen LogP contribution in [0.2, 0.25) is 0 Å². The Morgan fingerprint density at radius 2 is 2.00 bits per heavy atom. The van der Waals surface area contributed by atoms with E-state index in [0.29, 0.717) is 13.0 Å². The number of nitrogens with zero attached hydrogens (tertiary/aromatic N) is 1. The Labute approximate surface area is 119 Å². The van der Waals surface area contributed by atoms with Gasteiger partial charge in [0.1, 0.15) is 5.75 Å². The van der Waals surface area contributed by atoms with Crippen molar-refractivity contribution >= 4 is 5.78 Å². The molecule has 20 heavy (non-hydrogen) atoms. The van der Waals surface area contributed by atoms with Crippen LogP contribution >= 0.6 is 0 Å². The number of pyridine rings is 1. The van der Waals surface area contributed by atoms with Crippen molar-refractivity contribution in [3.05, 3.63) is 59.9 Å². The Balaban J connectivity index is 1.81. The first-order valence-corrected chi connectivity index (χ1v) is 6.94. The molecule has 0 saturated carbocycles. The molecular weight excluding hydrogens is 250 g/mol. The Bertz CT molecular complexity index is 552. The average Bonchev–Trinajstić information content (AvgIpc) is 2.52. The number of ether oxygens (including phenoxy) is 1. The molecule has 0 N–H and O–H groups in total. The van der Waals surface area contributed by atoms with E-state index >= 15 is 0 Å². The van der Waals surface area contributed by atoms with Gasteiger partial charge in [-0.05, 0) is 42.7 Å². The van der Waals surface area contributed by atoms with Crippen LogP contribution in [0.4, 0.5) is 0 Å². The van der Waals surface area contributed by atoms with E-state index in [0.717, 1.165) is 24.2 Å². The number of hydrogen-bond acceptors (Lipinski definition) is 3. The van der Waals surface area contributed by atoms with E-state index in [2.05, 4.69) is 4.98 Å². The zero-order valence-corrected chi connectivity index (χ0v) is 11.7. The molecule has 2 rings (SSSR count). The van der Waals surface area contributed by atoms with Crippen LogP contribution in [0.25, 0.3) is 0 Å². The number of hydrogen-bond donors (Lipinski definition) is 0. The van der Waals surface area contributed by atoms with Crippen molar-refractivity contribution in [2.45, 2.75) is 26.2 Å². The molecule has 1 aromatic heterocycles. The Kier molecular flexibility index (Phi) is 5.30. The second-order valence-electron chi connectivity index (χ2n) is 4.61. The van der Waals surface area contributed by atoms with Gasteiger partial charge in [0, 0.05) is 24.4 Å². The zero-order chi connectivity index (χ0) is 14.2. The van der Waals surface area contributed by atoms with Gasteiger partial charge >= 0.3 is 0 Å². The van der Waals surface area contributed by atoms with Crippen LogP contribution in [0.3, 0.4) is 0 Å². The number of Topliss-reactive ketones (excluding diaryl/α,β-unsaturated/α-hetero) is 1. The van der Waals surface area contributed by atoms with Crippen LogP contribution in [-0.2, 0) is 6.42 Å². The lowest BCUT2D eigenvalue weighted by Gasteiger charge is -2.07. The molecular formula is C17H19NO2. The topological polar surface area (TPSA) is 39.2 Å². The van der Waals surface area contributed by atoms with E-state index in [1.807, 2.05) is 43.3 Å². The van der Waals surface area contributed by atoms with Crippen molar-refractivity contribution in [2.75, 3.05) is 6.61 Å². The predicted octanol–water partition coefficient (Wildman–Crippen LogP) is 3.69. The van der Waals surface area contributed by atoms with Gasteiger partial charge < -0.3 is 4.74 Å². The van der Waals surface area contributed by atoms with Gasteiger partial charge in [-0.15, -0.1) is 0 Å². The summed E-state index contributed by atoms with van der Waals surface area (Å²) in [6.07, 6.45) is 6.03. The fourth-order valence-electron chi connectivity index (χ4n) is 1.98. The molecule has 0 fully saturated rings. The normalized spacial score (nSPS) is 10.2. The third-order valence-corrected chi connectivity index (χ3v) is 3.10. The standard InChI is InChI=1S/C17H19NO2/c1-2-17(19)15-6-3-7-16(13-15)20-12-4-5-14-8-10-18-11-9-14/h3,6-11,13H,2,4-5,12H2,1H3. The van der Waals surface area contributed by atoms with Crippen molar-refractivity contribution in [3.8, 4) is 5.75 Å². The van der Waals surface area contributed by atoms with Crippen LogP contribution in [-0.4, -0.2) is 17.4 Å². The zero-order valence-electron chi connectivity index (χ0n) is 11.7. The molecule has 1 aromatic carbocycles. The highest BCUT2D eigenvalue weighted by Gasteiger charge is 2.04. The average molecular weight is 269 g/mol. The molecule has 2 aromatic rings. The molecule has 0 aliphatic carbocycles. The first-order chi connectivity index (χ1) is 9.79. The van der Waals surface area contributed by atoms with Crippen LogP contribution < -0.4 is 4.74 Å². The highest BCUT2D eigenvalue weighted by atomic mass is 16.5. The van der Waals surface area contributed by atoms with Gasteiger partial charge in [-0.25, -0.2) is 0 Å². The van der Waals surface area contributed by atoms with Crippen molar-refractivity contribution in [1.29, 1.82) is 0 Å². The summed E-state index contributed by atoms with van der Waals surface area (Å²) in [6, 6.07) is 11.4. The molecule has 0 aliphatic heterocycles. The molecule has 3 nitrogen and oxygen atoms in total. The van der Waals surface area contributed by atoms with Crippen molar-refractivity contribution < 1.29 is 9.53 Å². The summed E-state index contributed by atoms with van der Waals surface area (Å²) < 4.78 is 5.70. The Morgan fingerprint density at radius 1 is 1.20 bits per heavy atom. The van der Waals surface area contributed by atoms with Crippen LogP contribution in [0.15, 0.2) is 48.8 Å². The molecule has 0 spiro atoms. The molecule has 0 aliphatic rings. The molecule has 3 heteroatoms. The van der Waals surface area contributed by atoms with E-state index in [9.17, 15) is 4.79 Å². The number of benzene rings is 1. The maximum absolute atomic E-state index is 11.6. The summed E-state index contributed by atoms with van der Waals surface area (Å²) in [7, 11) is 0. The summed E-state index contributed by atoms with van der Waals surface area (Å²) in [5, 5.41) is 0. The van der Waals surface area contributed by atoms with E-state index in [1.54, 1.807) is 12.4 Å². The SMILES string of the molecule is CCC(=O)c1cccc(OCCCc2ccncc2)c1. The summed E-state index contributed by atoms with van der Waals surface area (Å²) in [4.78, 5) is 15.6. The first-order valence-electron chi connectivity index (χ1n) is 6.94. The summed E-state index contributed by atoms with van der Waals surface area (Å²) in [6.45, 7) is 2.51. The second-order valence-corrected chi connectivity index (χ2v) is 4.61. The van der Waals surface area contributed by atoms with Gasteiger partial charge in [0.25, 0.3) is 0 Å². The van der Waals surface area contributed by atoms with Crippen molar-refractivity contribution in [1.82, 2.24) is 4.98 Å². The van der Waals surface area contributed by atoms with E-state index < -0.39 is 0 Å². The quantitative estimate of drug-likeness (QED) is 0.568. The van der Waals surface area contributed by atoms with Crippen LogP contribution in [0.5, 0.6) is 5.75 Å². The van der Waals surface area contributed by atoms with E-state index in [4.69, 9.17) is 4.74 Å². The number of ketones is 1. The fraction of sp³-hybridized carbons (Fsp3) is 0.294. The number of rotatable bonds is 7. The first kappa shape index (κ1) is 14.3. The molecule has 104 valence electrons. The van der Waals surface area contributed by atoms with E-state index in [1.165, 1.54) is 5.56 Å². The third-order valence-electron chi connectivity index (χ3n) is 3.10. The van der Waals surface area contributed by atoms with Gasteiger partial charge in [0.05, 0.1) is 6.61 Å². The molecule has 0 atom stereocenters. The lowest BCUT2D eigenvalue weighted by molar-refractivity contribution is 0.0987. The maximum atomic E-state index is 11.6. The minimum absolute atomic E-state index is 0.146. The summed E-state index contributed by atoms with van der Waals surface area (Å²) in [5.41, 5.74) is 1.98. The summed E-state index contributed by atoms with van der Waals surface area (Å²) in [5.74, 6) is 0.909. The molecule has 1 heterocycles. The third kappa shape index (κ3) is 4.19. The largest absolute Gasteiger partial charge is 0.494 e. The number of carbonyl (C=O) groups is 1. The molecule has 0 saturated heterocycles. The molecule has 0 unspecified atom stereocenters. The monoisotopic (exact) mass is 269 g/mol. The lowest BCUT2D eigenvalue weighted by Crippen LogP contribution is -2.01. The predicted molar refractivity (Wildman–Crippen MR) is 79.1 cm³/mol. The smallest absolute Gasteiger partial charge is 0.162 e. The van der Waals surface area contributed by atoms with Gasteiger partial charge in [-0.2, -0.15) is 0 Å². The Morgan fingerprint density at radius 3 is 2.75 bits per heavy atom. The minimum Gasteiger partial charge on any atom is -0.494 e.